The van der Waals surface area contributed by atoms with Crippen LogP contribution in [0.2, 0.25) is 0 Å². The molecule has 0 aliphatic rings. The maximum absolute atomic E-state index is 14.2. The van der Waals surface area contributed by atoms with Crippen molar-refractivity contribution in [2.24, 2.45) is 28.7 Å². The first kappa shape index (κ1) is 51.8. The molecule has 0 fully saturated rings. The van der Waals surface area contributed by atoms with Crippen LogP contribution in [0, 0.1) is 21.6 Å². The quantitative estimate of drug-likeness (QED) is 0.0152. The van der Waals surface area contributed by atoms with Crippen molar-refractivity contribution in [1.29, 1.82) is 21.6 Å². The van der Waals surface area contributed by atoms with E-state index in [1.165, 1.54) is 47.6 Å². The van der Waals surface area contributed by atoms with E-state index in [-0.39, 0.29) is 18.1 Å². The average molecular weight is 950 g/mol. The van der Waals surface area contributed by atoms with Gasteiger partial charge >= 0.3 is 0 Å². The van der Waals surface area contributed by atoms with Crippen molar-refractivity contribution in [2.45, 2.75) is 43.5 Å². The smallest absolute Gasteiger partial charge is 0.271 e. The second kappa shape index (κ2) is 25.0. The van der Waals surface area contributed by atoms with E-state index < -0.39 is 96.2 Å². The Morgan fingerprint density at radius 3 is 1.36 bits per heavy atom. The molecule has 28 nitrogen and oxygen atoms in total. The van der Waals surface area contributed by atoms with E-state index in [1.807, 2.05) is 59.9 Å². The highest BCUT2D eigenvalue weighted by atomic mass is 16.3. The zero-order chi connectivity index (χ0) is 50.6. The second-order valence-corrected chi connectivity index (χ2v) is 14.3. The van der Waals surface area contributed by atoms with Crippen LogP contribution in [-0.2, 0) is 35.3 Å². The maximum Gasteiger partial charge on any atom is 0.271 e. The number of amides is 6. The third-order valence-electron chi connectivity index (χ3n) is 9.04. The summed E-state index contributed by atoms with van der Waals surface area (Å²) in [7, 11) is 0. The van der Waals surface area contributed by atoms with E-state index in [9.17, 15) is 33.9 Å². The van der Waals surface area contributed by atoms with Gasteiger partial charge in [-0.2, -0.15) is 0 Å². The SMILES string of the molecule is N=C(N)NC(NC(=O)C(NC(=N)N)NC(=O)C(NC(=N)N)NC(=O)C(NC(=N)N)NC(=O)C(NC(=O)C(O)N(Cc1ccc(/C=C/c2ccccc2)cc1)c1ncccn1)c1ccccc1)C(N)=O. The maximum atomic E-state index is 14.2. The van der Waals surface area contributed by atoms with Crippen LogP contribution in [-0.4, -0.2) is 105 Å². The van der Waals surface area contributed by atoms with E-state index in [4.69, 9.17) is 50.3 Å². The number of guanidine groups is 4. The van der Waals surface area contributed by atoms with Crippen molar-refractivity contribution >= 4 is 77.4 Å². The fourth-order valence-corrected chi connectivity index (χ4v) is 5.90. The molecule has 0 spiro atoms. The molecule has 0 bridgehead atoms. The van der Waals surface area contributed by atoms with Crippen LogP contribution in [0.5, 0.6) is 0 Å². The Balaban J connectivity index is 1.56. The molecule has 6 unspecified atom stereocenters. The first-order chi connectivity index (χ1) is 32.8. The summed E-state index contributed by atoms with van der Waals surface area (Å²) in [6.07, 6.45) is -3.27. The van der Waals surface area contributed by atoms with Crippen molar-refractivity contribution in [3.8, 4) is 0 Å². The molecule has 69 heavy (non-hydrogen) atoms. The Labute approximate surface area is 392 Å². The first-order valence-corrected chi connectivity index (χ1v) is 20.1. The third-order valence-corrected chi connectivity index (χ3v) is 9.04. The molecule has 4 rings (SSSR count). The van der Waals surface area contributed by atoms with Crippen LogP contribution >= 0.6 is 0 Å². The lowest BCUT2D eigenvalue weighted by atomic mass is 10.1. The summed E-state index contributed by atoms with van der Waals surface area (Å²) in [6.45, 7) is -0.0848. The molecule has 3 aromatic carbocycles. The van der Waals surface area contributed by atoms with Crippen molar-refractivity contribution < 1.29 is 33.9 Å². The van der Waals surface area contributed by atoms with Gasteiger partial charge in [0.25, 0.3) is 29.5 Å². The van der Waals surface area contributed by atoms with Gasteiger partial charge in [0.1, 0.15) is 6.04 Å². The Kier molecular flexibility index (Phi) is 18.8. The minimum Gasteiger partial charge on any atom is -0.370 e. The largest absolute Gasteiger partial charge is 0.370 e. The van der Waals surface area contributed by atoms with E-state index in [1.54, 1.807) is 18.2 Å². The number of nitrogens with two attached hydrogens (primary N) is 5. The van der Waals surface area contributed by atoms with Gasteiger partial charge in [0, 0.05) is 18.9 Å². The molecule has 0 aliphatic heterocycles. The summed E-state index contributed by atoms with van der Waals surface area (Å²) >= 11 is 0. The summed E-state index contributed by atoms with van der Waals surface area (Å²) in [4.78, 5) is 90.0. The molecule has 6 amide bonds. The van der Waals surface area contributed by atoms with E-state index >= 15 is 0 Å². The van der Waals surface area contributed by atoms with Gasteiger partial charge < -0.3 is 86.5 Å². The number of aromatic nitrogens is 2. The van der Waals surface area contributed by atoms with Gasteiger partial charge in [0.15, 0.2) is 48.5 Å². The Bertz CT molecular complexity index is 2520. The minimum absolute atomic E-state index is 0.0436. The van der Waals surface area contributed by atoms with Gasteiger partial charge in [-0.25, -0.2) is 9.97 Å². The van der Waals surface area contributed by atoms with Gasteiger partial charge in [-0.15, -0.1) is 0 Å². The van der Waals surface area contributed by atoms with E-state index in [0.29, 0.717) is 5.56 Å². The number of hydrogen-bond acceptors (Lipinski definition) is 14. The van der Waals surface area contributed by atoms with Crippen LogP contribution in [0.3, 0.4) is 0 Å². The number of anilines is 1. The normalized spacial score (nSPS) is 13.2. The number of aliphatic hydroxyl groups excluding tert-OH is 1. The van der Waals surface area contributed by atoms with Crippen molar-refractivity contribution in [1.82, 2.24) is 57.8 Å². The van der Waals surface area contributed by atoms with Crippen molar-refractivity contribution in [3.63, 3.8) is 0 Å². The Morgan fingerprint density at radius 2 is 0.913 bits per heavy atom. The zero-order valence-corrected chi connectivity index (χ0v) is 36.3. The molecule has 0 radical (unpaired) electrons. The van der Waals surface area contributed by atoms with Crippen LogP contribution in [0.15, 0.2) is 103 Å². The standard InChI is InChI=1S/C41H51N21O7/c42-26(63)27(58-37(43)44)54-32(65)29(60-39(47)48)56-34(67)30(61-40(49)50)57-33(66)28(59-38(45)46)55-31(64)25(24-10-5-2-6-11-24)53-35(68)36(69)62(41-51-18-7-19-52-41)20-23-16-14-22(15-17-23)13-12-21-8-3-1-4-9-21/h1-19,25,27-30,36,69H,20H2,(H2,42,63)(H,53,68)(H,54,65)(H,55,64)(H,56,67)(H,57,66)(H4,43,44,58)(H4,45,46,59)(H4,47,48,60)(H4,49,50,61)/b13-12+. The van der Waals surface area contributed by atoms with Gasteiger partial charge in [0.05, 0.1) is 0 Å². The van der Waals surface area contributed by atoms with Gasteiger partial charge in [0.2, 0.25) is 18.1 Å². The van der Waals surface area contributed by atoms with Crippen molar-refractivity contribution in [3.05, 3.63) is 126 Å². The van der Waals surface area contributed by atoms with Crippen molar-refractivity contribution in [2.75, 3.05) is 4.90 Å². The fraction of sp³-hybridized carbons (Fsp3) is 0.171. The third kappa shape index (κ3) is 16.6. The molecular formula is C41H51N21O7. The molecule has 28 heteroatoms. The number of carbonyl (C=O) groups is 6. The number of nitrogens with one attached hydrogen (secondary N) is 13. The lowest BCUT2D eigenvalue weighted by Gasteiger charge is -2.30. The monoisotopic (exact) mass is 949 g/mol. The van der Waals surface area contributed by atoms with E-state index in [0.717, 1.165) is 11.1 Å². The van der Waals surface area contributed by atoms with Crippen LogP contribution < -0.4 is 81.4 Å². The zero-order valence-electron chi connectivity index (χ0n) is 36.3. The highest BCUT2D eigenvalue weighted by Crippen LogP contribution is 2.19. The molecule has 24 N–H and O–H groups in total. The molecule has 6 atom stereocenters. The Morgan fingerprint density at radius 1 is 0.507 bits per heavy atom. The summed E-state index contributed by atoms with van der Waals surface area (Å²) in [6, 6.07) is 24.4. The molecule has 1 heterocycles. The van der Waals surface area contributed by atoms with Gasteiger partial charge in [-0.1, -0.05) is 97.1 Å². The van der Waals surface area contributed by atoms with Gasteiger partial charge in [-0.05, 0) is 28.3 Å². The highest BCUT2D eigenvalue weighted by Gasteiger charge is 2.35. The number of rotatable bonds is 22. The lowest BCUT2D eigenvalue weighted by molar-refractivity contribution is -0.136. The number of nitrogens with zero attached hydrogens (tertiary/aromatic N) is 3. The van der Waals surface area contributed by atoms with Crippen LogP contribution in [0.4, 0.5) is 5.95 Å². The predicted octanol–water partition coefficient (Wildman–Crippen LogP) is -4.98. The minimum atomic E-state index is -2.08. The van der Waals surface area contributed by atoms with Crippen LogP contribution in [0.1, 0.15) is 28.3 Å². The Hall–Kier alpha value is -9.86. The first-order valence-electron chi connectivity index (χ1n) is 20.1. The predicted molar refractivity (Wildman–Crippen MR) is 250 cm³/mol. The molecule has 0 aliphatic carbocycles. The fourth-order valence-electron chi connectivity index (χ4n) is 5.90. The van der Waals surface area contributed by atoms with Gasteiger partial charge in [-0.3, -0.25) is 50.4 Å². The summed E-state index contributed by atoms with van der Waals surface area (Å²) in [5.74, 6) is -10.9. The number of primary amides is 1. The molecule has 362 valence electrons. The number of carbonyl (C=O) groups excluding carboxylic acids is 6. The summed E-state index contributed by atoms with van der Waals surface area (Å²) in [5.41, 5.74) is 29.5. The number of aliphatic hydroxyl groups is 1. The second-order valence-electron chi connectivity index (χ2n) is 14.3. The molecule has 0 saturated heterocycles. The molecular weight excluding hydrogens is 899 g/mol. The number of hydrogen-bond donors (Lipinski definition) is 19. The lowest BCUT2D eigenvalue weighted by Crippen LogP contribution is -2.68. The topological polar surface area (TPSA) is 485 Å². The van der Waals surface area contributed by atoms with Crippen LogP contribution in [0.25, 0.3) is 12.2 Å². The molecule has 4 aromatic rings. The van der Waals surface area contributed by atoms with E-state index in [2.05, 4.69) is 52.5 Å². The molecule has 0 saturated carbocycles. The number of benzene rings is 3. The molecule has 1 aromatic heterocycles. The average Bonchev–Trinajstić information content (AvgIpc) is 3.31. The summed E-state index contributed by atoms with van der Waals surface area (Å²) in [5, 5.41) is 61.4. The summed E-state index contributed by atoms with van der Waals surface area (Å²) < 4.78 is 0. The highest BCUT2D eigenvalue weighted by molar-refractivity contribution is 5.99.